The number of nitrogens with zero attached hydrogens (tertiary/aromatic N) is 4. The molecule has 1 atom stereocenters. The second kappa shape index (κ2) is 7.12. The predicted molar refractivity (Wildman–Crippen MR) is 114 cm³/mol. The van der Waals surface area contributed by atoms with Gasteiger partial charge in [0.15, 0.2) is 0 Å². The summed E-state index contributed by atoms with van der Waals surface area (Å²) in [5.41, 5.74) is 2.65. The zero-order valence-corrected chi connectivity index (χ0v) is 17.7. The molecule has 0 aliphatic heterocycles. The minimum Gasteiger partial charge on any atom is -0.611 e. The highest BCUT2D eigenvalue weighted by Crippen LogP contribution is 2.40. The molecule has 0 bridgehead atoms. The lowest BCUT2D eigenvalue weighted by atomic mass is 10.1. The number of H-pyrrole nitrogens is 1. The number of thiophene rings is 1. The molecule has 5 rings (SSSR count). The number of aromatic nitrogens is 5. The Morgan fingerprint density at radius 3 is 3.04 bits per heavy atom. The highest BCUT2D eigenvalue weighted by molar-refractivity contribution is 7.93. The Morgan fingerprint density at radius 2 is 2.25 bits per heavy atom. The van der Waals surface area contributed by atoms with E-state index in [1.807, 2.05) is 29.9 Å². The summed E-state index contributed by atoms with van der Waals surface area (Å²) in [7, 11) is 0. The molecule has 5 heterocycles. The number of rotatable bonds is 6. The van der Waals surface area contributed by atoms with E-state index in [1.54, 1.807) is 17.5 Å². The molecule has 0 aromatic carbocycles. The standard InChI is InChI=1S/C18H17N5O2S3/c1-3-25-5-7-28(24)18-15-14-11(13-9-20-10(2)23(13)22-15)8-12(21-17(14)27-18)16-19-4-6-26-16/h4,6,8-9,22H,3,5,7H2,1-2H3. The Morgan fingerprint density at radius 1 is 1.36 bits per heavy atom. The Kier molecular flexibility index (Phi) is 4.60. The van der Waals surface area contributed by atoms with Crippen molar-refractivity contribution in [1.29, 1.82) is 0 Å². The summed E-state index contributed by atoms with van der Waals surface area (Å²) in [6, 6.07) is 2.05. The van der Waals surface area contributed by atoms with E-state index >= 15 is 0 Å². The van der Waals surface area contributed by atoms with Gasteiger partial charge < -0.3 is 9.29 Å². The van der Waals surface area contributed by atoms with E-state index in [0.29, 0.717) is 19.0 Å². The summed E-state index contributed by atoms with van der Waals surface area (Å²) in [5.74, 6) is 1.30. The first-order valence-corrected chi connectivity index (χ1v) is 11.8. The van der Waals surface area contributed by atoms with E-state index in [9.17, 15) is 4.55 Å². The zero-order chi connectivity index (χ0) is 19.3. The molecule has 144 valence electrons. The average molecular weight is 432 g/mol. The second-order valence-corrected chi connectivity index (χ2v) is 9.88. The van der Waals surface area contributed by atoms with E-state index in [1.165, 1.54) is 11.3 Å². The van der Waals surface area contributed by atoms with Crippen LogP contribution in [0.4, 0.5) is 0 Å². The van der Waals surface area contributed by atoms with Crippen molar-refractivity contribution in [3.05, 3.63) is 29.7 Å². The Hall–Kier alpha value is -1.98. The number of hydrogen-bond acceptors (Lipinski definition) is 7. The normalized spacial score (nSPS) is 13.2. The fraction of sp³-hybridized carbons (Fsp3) is 0.278. The minimum absolute atomic E-state index is 0.458. The van der Waals surface area contributed by atoms with Gasteiger partial charge in [0.1, 0.15) is 32.6 Å². The quantitative estimate of drug-likeness (QED) is 0.324. The Bertz CT molecular complexity index is 1270. The third-order valence-electron chi connectivity index (χ3n) is 4.54. The summed E-state index contributed by atoms with van der Waals surface area (Å²) < 4.78 is 21.1. The molecule has 1 unspecified atom stereocenters. The van der Waals surface area contributed by atoms with Crippen LogP contribution in [0.2, 0.25) is 0 Å². The summed E-state index contributed by atoms with van der Waals surface area (Å²) >= 11 is 1.86. The smallest absolute Gasteiger partial charge is 0.234 e. The number of aromatic amines is 1. The number of ether oxygens (including phenoxy) is 1. The van der Waals surface area contributed by atoms with Crippen molar-refractivity contribution in [3.63, 3.8) is 0 Å². The lowest BCUT2D eigenvalue weighted by Gasteiger charge is -2.09. The SMILES string of the molecule is CCOCC[S+]([O-])c1sc2nc(-c3nccs3)cc3c2c1[nH]n1c(C)ncc31. The molecule has 0 saturated carbocycles. The number of hydrogen-bond donors (Lipinski definition) is 1. The van der Waals surface area contributed by atoms with Gasteiger partial charge in [-0.25, -0.2) is 19.5 Å². The van der Waals surface area contributed by atoms with Crippen molar-refractivity contribution in [3.8, 4) is 10.7 Å². The van der Waals surface area contributed by atoms with Gasteiger partial charge in [-0.3, -0.25) is 5.10 Å². The van der Waals surface area contributed by atoms with Crippen molar-refractivity contribution in [2.24, 2.45) is 0 Å². The third-order valence-corrected chi connectivity index (χ3v) is 8.18. The van der Waals surface area contributed by atoms with Crippen LogP contribution in [0.25, 0.3) is 37.3 Å². The summed E-state index contributed by atoms with van der Waals surface area (Å²) in [6.45, 7) is 4.97. The fourth-order valence-electron chi connectivity index (χ4n) is 3.26. The molecule has 10 heteroatoms. The molecule has 0 saturated heterocycles. The fourth-order valence-corrected chi connectivity index (χ4v) is 6.43. The first-order valence-electron chi connectivity index (χ1n) is 8.82. The maximum absolute atomic E-state index is 13.0. The van der Waals surface area contributed by atoms with Crippen LogP contribution in [0, 0.1) is 6.92 Å². The molecule has 7 nitrogen and oxygen atoms in total. The van der Waals surface area contributed by atoms with Gasteiger partial charge in [0.25, 0.3) is 0 Å². The van der Waals surface area contributed by atoms with Gasteiger partial charge in [-0.15, -0.1) is 11.3 Å². The van der Waals surface area contributed by atoms with E-state index < -0.39 is 11.2 Å². The zero-order valence-electron chi connectivity index (χ0n) is 15.3. The molecule has 0 spiro atoms. The maximum Gasteiger partial charge on any atom is 0.234 e. The van der Waals surface area contributed by atoms with E-state index in [-0.39, 0.29) is 0 Å². The van der Waals surface area contributed by atoms with Crippen molar-refractivity contribution < 1.29 is 9.29 Å². The van der Waals surface area contributed by atoms with Gasteiger partial charge >= 0.3 is 0 Å². The van der Waals surface area contributed by atoms with E-state index in [4.69, 9.17) is 9.72 Å². The number of imidazole rings is 1. The van der Waals surface area contributed by atoms with Crippen LogP contribution in [-0.2, 0) is 15.9 Å². The van der Waals surface area contributed by atoms with Crippen LogP contribution in [0.1, 0.15) is 12.7 Å². The van der Waals surface area contributed by atoms with E-state index in [0.717, 1.165) is 47.4 Å². The molecule has 5 aromatic rings. The molecule has 0 aliphatic rings. The van der Waals surface area contributed by atoms with Crippen LogP contribution in [0.15, 0.2) is 28.0 Å². The number of nitrogens with one attached hydrogen (secondary N) is 1. The van der Waals surface area contributed by atoms with Crippen molar-refractivity contribution in [2.75, 3.05) is 19.0 Å². The Labute approximate surface area is 171 Å². The van der Waals surface area contributed by atoms with Crippen LogP contribution in [-0.4, -0.2) is 48.1 Å². The predicted octanol–water partition coefficient (Wildman–Crippen LogP) is 4.00. The van der Waals surface area contributed by atoms with Gasteiger partial charge in [-0.05, 0) is 19.9 Å². The highest BCUT2D eigenvalue weighted by atomic mass is 32.2. The van der Waals surface area contributed by atoms with Crippen molar-refractivity contribution in [1.82, 2.24) is 24.6 Å². The van der Waals surface area contributed by atoms with E-state index in [2.05, 4.69) is 21.1 Å². The second-order valence-electron chi connectivity index (χ2n) is 6.22. The third kappa shape index (κ3) is 2.83. The largest absolute Gasteiger partial charge is 0.611 e. The molecule has 5 aromatic heterocycles. The Balaban J connectivity index is 1.78. The molecule has 0 aliphatic carbocycles. The molecule has 28 heavy (non-hydrogen) atoms. The van der Waals surface area contributed by atoms with Gasteiger partial charge in [-0.1, -0.05) is 11.3 Å². The first kappa shape index (κ1) is 18.1. The minimum atomic E-state index is -1.17. The number of fused-ring (bicyclic) bond motifs is 2. The van der Waals surface area contributed by atoms with Crippen LogP contribution >= 0.6 is 22.7 Å². The molecular weight excluding hydrogens is 414 g/mol. The maximum atomic E-state index is 13.0. The van der Waals surface area contributed by atoms with Crippen LogP contribution in [0.5, 0.6) is 0 Å². The number of thiazole rings is 1. The lowest BCUT2D eigenvalue weighted by Crippen LogP contribution is -2.12. The molecule has 0 fully saturated rings. The molecule has 1 N–H and O–H groups in total. The topological polar surface area (TPSA) is 91.2 Å². The lowest BCUT2D eigenvalue weighted by molar-refractivity contribution is 0.163. The van der Waals surface area contributed by atoms with Gasteiger partial charge in [0.2, 0.25) is 4.21 Å². The van der Waals surface area contributed by atoms with Crippen molar-refractivity contribution >= 4 is 60.5 Å². The van der Waals surface area contributed by atoms with Crippen LogP contribution < -0.4 is 0 Å². The first-order chi connectivity index (χ1) is 13.7. The van der Waals surface area contributed by atoms with Crippen molar-refractivity contribution in [2.45, 2.75) is 18.1 Å². The van der Waals surface area contributed by atoms with Gasteiger partial charge in [-0.2, -0.15) is 0 Å². The monoisotopic (exact) mass is 431 g/mol. The molecule has 0 radical (unpaired) electrons. The van der Waals surface area contributed by atoms with Gasteiger partial charge in [0.05, 0.1) is 23.7 Å². The molecular formula is C18H17N5O2S3. The summed E-state index contributed by atoms with van der Waals surface area (Å²) in [6.07, 6.45) is 3.64. The highest BCUT2D eigenvalue weighted by Gasteiger charge is 2.25. The average Bonchev–Trinajstić information content (AvgIpc) is 3.42. The number of aryl methyl sites for hydroxylation is 1. The van der Waals surface area contributed by atoms with Crippen LogP contribution in [0.3, 0.4) is 0 Å². The summed E-state index contributed by atoms with van der Waals surface area (Å²) in [4.78, 5) is 14.5. The van der Waals surface area contributed by atoms with Gasteiger partial charge in [0, 0.05) is 34.7 Å². The molecule has 0 amide bonds. The number of pyridine rings is 1. The summed E-state index contributed by atoms with van der Waals surface area (Å²) in [5, 5.41) is 8.25.